The first-order valence-corrected chi connectivity index (χ1v) is 7.91. The maximum absolute atomic E-state index is 11.7. The van der Waals surface area contributed by atoms with Gasteiger partial charge in [-0.3, -0.25) is 9.59 Å². The minimum Gasteiger partial charge on any atom is -0.462 e. The molecule has 122 valence electrons. The van der Waals surface area contributed by atoms with Gasteiger partial charge in [0.1, 0.15) is 6.10 Å². The Hall–Kier alpha value is -1.26. The highest BCUT2D eigenvalue weighted by Crippen LogP contribution is 2.32. The standard InChI is InChI=1S/C16H20Cl2O4/c1-10(2)11(3)21-14(19)8-5-9-15(20)22-16-12(17)6-4-7-13(16)18/h4,6-7,10-11H,5,8-9H2,1-3H3. The van der Waals surface area contributed by atoms with E-state index in [2.05, 4.69) is 0 Å². The Bertz CT molecular complexity index is 509. The molecule has 0 saturated heterocycles. The Morgan fingerprint density at radius 3 is 2.14 bits per heavy atom. The number of hydrogen-bond donors (Lipinski definition) is 0. The Morgan fingerprint density at radius 2 is 1.59 bits per heavy atom. The third-order valence-electron chi connectivity index (χ3n) is 3.15. The van der Waals surface area contributed by atoms with Crippen LogP contribution < -0.4 is 4.74 Å². The summed E-state index contributed by atoms with van der Waals surface area (Å²) >= 11 is 11.8. The van der Waals surface area contributed by atoms with Crippen molar-refractivity contribution >= 4 is 35.1 Å². The molecule has 0 fully saturated rings. The molecule has 0 N–H and O–H groups in total. The van der Waals surface area contributed by atoms with Crippen LogP contribution in [0.15, 0.2) is 18.2 Å². The van der Waals surface area contributed by atoms with Crippen LogP contribution in [0.5, 0.6) is 5.75 Å². The molecule has 0 amide bonds. The summed E-state index contributed by atoms with van der Waals surface area (Å²) in [5.41, 5.74) is 0. The fourth-order valence-corrected chi connectivity index (χ4v) is 2.00. The maximum Gasteiger partial charge on any atom is 0.311 e. The number of halogens is 2. The fourth-order valence-electron chi connectivity index (χ4n) is 1.52. The largest absolute Gasteiger partial charge is 0.462 e. The quantitative estimate of drug-likeness (QED) is 0.532. The number of esters is 2. The van der Waals surface area contributed by atoms with E-state index in [1.165, 1.54) is 0 Å². The second-order valence-corrected chi connectivity index (χ2v) is 6.13. The van der Waals surface area contributed by atoms with E-state index in [4.69, 9.17) is 32.7 Å². The molecule has 1 aromatic rings. The van der Waals surface area contributed by atoms with E-state index in [-0.39, 0.29) is 46.6 Å². The van der Waals surface area contributed by atoms with Crippen LogP contribution in [0.25, 0.3) is 0 Å². The van der Waals surface area contributed by atoms with Crippen molar-refractivity contribution in [3.8, 4) is 5.75 Å². The van der Waals surface area contributed by atoms with Gasteiger partial charge in [-0.15, -0.1) is 0 Å². The van der Waals surface area contributed by atoms with Crippen LogP contribution in [0.2, 0.25) is 10.0 Å². The van der Waals surface area contributed by atoms with E-state index in [1.54, 1.807) is 18.2 Å². The van der Waals surface area contributed by atoms with Gasteiger partial charge in [-0.2, -0.15) is 0 Å². The van der Waals surface area contributed by atoms with Gasteiger partial charge in [0.05, 0.1) is 10.0 Å². The third kappa shape index (κ3) is 6.24. The molecule has 0 spiro atoms. The van der Waals surface area contributed by atoms with E-state index in [0.717, 1.165) is 0 Å². The lowest BCUT2D eigenvalue weighted by Crippen LogP contribution is -2.20. The van der Waals surface area contributed by atoms with E-state index in [0.29, 0.717) is 6.42 Å². The van der Waals surface area contributed by atoms with Gasteiger partial charge in [-0.25, -0.2) is 0 Å². The molecule has 0 bridgehead atoms. The van der Waals surface area contributed by atoms with Crippen molar-refractivity contribution in [2.24, 2.45) is 5.92 Å². The molecule has 1 aromatic carbocycles. The van der Waals surface area contributed by atoms with Crippen LogP contribution in [0.4, 0.5) is 0 Å². The zero-order valence-electron chi connectivity index (χ0n) is 12.9. The average molecular weight is 347 g/mol. The summed E-state index contributed by atoms with van der Waals surface area (Å²) in [4.78, 5) is 23.3. The molecule has 1 rings (SSSR count). The molecule has 1 unspecified atom stereocenters. The second-order valence-electron chi connectivity index (χ2n) is 5.32. The molecule has 0 saturated carbocycles. The van der Waals surface area contributed by atoms with Gasteiger partial charge in [0, 0.05) is 12.8 Å². The number of ether oxygens (including phenoxy) is 2. The highest BCUT2D eigenvalue weighted by atomic mass is 35.5. The Morgan fingerprint density at radius 1 is 1.05 bits per heavy atom. The number of hydrogen-bond acceptors (Lipinski definition) is 4. The molecule has 0 aliphatic heterocycles. The summed E-state index contributed by atoms with van der Waals surface area (Å²) in [5.74, 6) is -0.396. The van der Waals surface area contributed by atoms with Gasteiger partial charge in [-0.05, 0) is 31.4 Å². The molecule has 0 heterocycles. The minimum atomic E-state index is -0.486. The molecule has 0 aliphatic rings. The van der Waals surface area contributed by atoms with Gasteiger partial charge in [0.2, 0.25) is 0 Å². The first-order chi connectivity index (χ1) is 10.3. The predicted octanol–water partition coefficient (Wildman–Crippen LogP) is 4.66. The number of rotatable bonds is 7. The van der Waals surface area contributed by atoms with Crippen molar-refractivity contribution in [2.45, 2.75) is 46.1 Å². The lowest BCUT2D eigenvalue weighted by Gasteiger charge is -2.16. The molecule has 0 aromatic heterocycles. The summed E-state index contributed by atoms with van der Waals surface area (Å²) < 4.78 is 10.3. The molecule has 0 radical (unpaired) electrons. The van der Waals surface area contributed by atoms with E-state index in [1.807, 2.05) is 20.8 Å². The number of carbonyl (C=O) groups is 2. The first-order valence-electron chi connectivity index (χ1n) is 7.15. The normalized spacial score (nSPS) is 12.1. The van der Waals surface area contributed by atoms with Gasteiger partial charge in [0.25, 0.3) is 0 Å². The third-order valence-corrected chi connectivity index (χ3v) is 3.75. The highest BCUT2D eigenvalue weighted by Gasteiger charge is 2.15. The van der Waals surface area contributed by atoms with Crippen LogP contribution >= 0.6 is 23.2 Å². The minimum absolute atomic E-state index is 0.0900. The summed E-state index contributed by atoms with van der Waals surface area (Å²) in [6.07, 6.45) is 0.473. The topological polar surface area (TPSA) is 52.6 Å². The average Bonchev–Trinajstić information content (AvgIpc) is 2.42. The summed E-state index contributed by atoms with van der Waals surface area (Å²) in [6.45, 7) is 5.79. The zero-order chi connectivity index (χ0) is 16.7. The van der Waals surface area contributed by atoms with Crippen molar-refractivity contribution in [2.75, 3.05) is 0 Å². The number of benzene rings is 1. The van der Waals surface area contributed by atoms with Gasteiger partial charge >= 0.3 is 11.9 Å². The zero-order valence-corrected chi connectivity index (χ0v) is 14.4. The molecule has 0 aliphatic carbocycles. The van der Waals surface area contributed by atoms with Crippen LogP contribution in [-0.4, -0.2) is 18.0 Å². The number of carbonyl (C=O) groups excluding carboxylic acids is 2. The van der Waals surface area contributed by atoms with Crippen molar-refractivity contribution in [3.63, 3.8) is 0 Å². The molecular weight excluding hydrogens is 327 g/mol. The summed E-state index contributed by atoms with van der Waals surface area (Å²) in [6, 6.07) is 4.83. The van der Waals surface area contributed by atoms with Crippen LogP contribution in [0.1, 0.15) is 40.0 Å². The van der Waals surface area contributed by atoms with Crippen LogP contribution in [0.3, 0.4) is 0 Å². The highest BCUT2D eigenvalue weighted by molar-refractivity contribution is 6.37. The van der Waals surface area contributed by atoms with Gasteiger partial charge in [0.15, 0.2) is 5.75 Å². The Labute approximate surface area is 140 Å². The Kier molecular flexibility index (Phi) is 7.69. The van der Waals surface area contributed by atoms with Crippen molar-refractivity contribution in [1.29, 1.82) is 0 Å². The summed E-state index contributed by atoms with van der Waals surface area (Å²) in [5, 5.41) is 0.539. The smallest absolute Gasteiger partial charge is 0.311 e. The maximum atomic E-state index is 11.7. The van der Waals surface area contributed by atoms with Crippen molar-refractivity contribution in [3.05, 3.63) is 28.2 Å². The molecule has 4 nitrogen and oxygen atoms in total. The number of para-hydroxylation sites is 1. The summed E-state index contributed by atoms with van der Waals surface area (Å²) in [7, 11) is 0. The van der Waals surface area contributed by atoms with E-state index >= 15 is 0 Å². The monoisotopic (exact) mass is 346 g/mol. The molecule has 22 heavy (non-hydrogen) atoms. The lowest BCUT2D eigenvalue weighted by atomic mass is 10.1. The second kappa shape index (κ2) is 9.01. The van der Waals surface area contributed by atoms with Gasteiger partial charge < -0.3 is 9.47 Å². The SMILES string of the molecule is CC(C)C(C)OC(=O)CCCC(=O)Oc1c(Cl)cccc1Cl. The van der Waals surface area contributed by atoms with E-state index < -0.39 is 5.97 Å². The Balaban J connectivity index is 2.36. The van der Waals surface area contributed by atoms with Gasteiger partial charge in [-0.1, -0.05) is 43.1 Å². The van der Waals surface area contributed by atoms with Crippen LogP contribution in [-0.2, 0) is 14.3 Å². The van der Waals surface area contributed by atoms with Crippen molar-refractivity contribution in [1.82, 2.24) is 0 Å². The molecular formula is C16H20Cl2O4. The first kappa shape index (κ1) is 18.8. The lowest BCUT2D eigenvalue weighted by molar-refractivity contribution is -0.150. The predicted molar refractivity (Wildman–Crippen MR) is 86.3 cm³/mol. The fraction of sp³-hybridized carbons (Fsp3) is 0.500. The van der Waals surface area contributed by atoms with E-state index in [9.17, 15) is 9.59 Å². The molecule has 6 heteroatoms. The van der Waals surface area contributed by atoms with Crippen molar-refractivity contribution < 1.29 is 19.1 Å². The molecule has 1 atom stereocenters. The van der Waals surface area contributed by atoms with Crippen LogP contribution in [0, 0.1) is 5.92 Å².